The average molecular weight is 607 g/mol. The zero-order valence-corrected chi connectivity index (χ0v) is 21.7. The predicted molar refractivity (Wildman–Crippen MR) is 131 cm³/mol. The van der Waals surface area contributed by atoms with E-state index >= 15 is 0 Å². The first-order chi connectivity index (χ1) is 17.2. The summed E-state index contributed by atoms with van der Waals surface area (Å²) in [7, 11) is 1.50. The van der Waals surface area contributed by atoms with Crippen molar-refractivity contribution in [3.8, 4) is 5.69 Å². The third kappa shape index (κ3) is 4.75. The van der Waals surface area contributed by atoms with Crippen LogP contribution in [0.3, 0.4) is 0 Å². The highest BCUT2D eigenvalue weighted by atomic mass is 79.9. The van der Waals surface area contributed by atoms with Crippen molar-refractivity contribution >= 4 is 44.6 Å². The largest absolute Gasteiger partial charge is 0.418 e. The maximum Gasteiger partial charge on any atom is 0.418 e. The Balaban J connectivity index is 1.49. The summed E-state index contributed by atoms with van der Waals surface area (Å²) in [6, 6.07) is 4.93. The first-order valence-corrected chi connectivity index (χ1v) is 12.8. The number of nitrogens with two attached hydrogens (primary N) is 1. The molecule has 3 N–H and O–H groups in total. The highest BCUT2D eigenvalue weighted by Crippen LogP contribution is 2.41. The fraction of sp³-hybridized carbons (Fsp3) is 0.364. The second-order valence-corrected chi connectivity index (χ2v) is 10.3. The molecule has 4 unspecified atom stereocenters. The van der Waals surface area contributed by atoms with E-state index in [9.17, 15) is 13.2 Å². The lowest BCUT2D eigenvalue weighted by molar-refractivity contribution is -0.280. The molecule has 0 radical (unpaired) electrons. The molecule has 2 saturated heterocycles. The molecule has 192 valence electrons. The van der Waals surface area contributed by atoms with Crippen LogP contribution in [0.1, 0.15) is 22.4 Å². The Morgan fingerprint density at radius 1 is 1.39 bits per heavy atom. The van der Waals surface area contributed by atoms with Crippen LogP contribution < -0.4 is 11.1 Å². The molecule has 3 aromatic rings. The van der Waals surface area contributed by atoms with E-state index in [0.29, 0.717) is 32.6 Å². The number of hydrogen-bond acceptors (Lipinski definition) is 8. The van der Waals surface area contributed by atoms with E-state index in [1.54, 1.807) is 17.6 Å². The van der Waals surface area contributed by atoms with Crippen LogP contribution in [-0.4, -0.2) is 52.8 Å². The lowest BCUT2D eigenvalue weighted by Gasteiger charge is -2.51. The number of nitrogens with one attached hydrogen (secondary N) is 1. The van der Waals surface area contributed by atoms with Gasteiger partial charge in [-0.05, 0) is 24.3 Å². The zero-order chi connectivity index (χ0) is 25.6. The van der Waals surface area contributed by atoms with Gasteiger partial charge in [-0.1, -0.05) is 27.5 Å². The number of fused-ring (bicyclic) bond motifs is 1. The maximum atomic E-state index is 13.8. The number of benzene rings is 1. The standard InChI is InChI=1S/C22H20BrClF3N5O3S/c1-33-20-17(29-7-12(28)21-31-16(24)9-36-21)19-15(8-34-19)35-18(20)13-4-5-30-32(13)14-6-10(23)2-3-11(14)22(25,26)27/h2-7,9,15,17-20,29H,8,28H2,1H3/b12-7-/t15?,17-,18?,19?,20?/m1/s1. The summed E-state index contributed by atoms with van der Waals surface area (Å²) in [6.45, 7) is 0.343. The normalized spacial score (nSPS) is 26.4. The Morgan fingerprint density at radius 3 is 2.83 bits per heavy atom. The van der Waals surface area contributed by atoms with Crippen LogP contribution in [0.5, 0.6) is 0 Å². The summed E-state index contributed by atoms with van der Waals surface area (Å²) < 4.78 is 61.0. The fourth-order valence-corrected chi connectivity index (χ4v) is 5.59. The maximum absolute atomic E-state index is 13.8. The molecule has 0 amide bonds. The summed E-state index contributed by atoms with van der Waals surface area (Å²) >= 11 is 10.5. The Hall–Kier alpha value is -2.16. The highest BCUT2D eigenvalue weighted by molar-refractivity contribution is 9.10. The van der Waals surface area contributed by atoms with E-state index in [0.717, 1.165) is 6.07 Å². The second-order valence-electron chi connectivity index (χ2n) is 8.19. The summed E-state index contributed by atoms with van der Waals surface area (Å²) in [6.07, 6.45) is -3.58. The summed E-state index contributed by atoms with van der Waals surface area (Å²) in [5.41, 5.74) is 5.99. The van der Waals surface area contributed by atoms with E-state index in [1.165, 1.54) is 41.5 Å². The Bertz CT molecular complexity index is 1290. The molecule has 5 atom stereocenters. The van der Waals surface area contributed by atoms with Crippen molar-refractivity contribution in [2.24, 2.45) is 5.73 Å². The Morgan fingerprint density at radius 2 is 2.19 bits per heavy atom. The van der Waals surface area contributed by atoms with Gasteiger partial charge in [0.1, 0.15) is 34.6 Å². The number of nitrogens with zero attached hydrogens (tertiary/aromatic N) is 3. The molecule has 2 aliphatic heterocycles. The van der Waals surface area contributed by atoms with Gasteiger partial charge in [0.05, 0.1) is 35.3 Å². The Labute approximate surface area is 221 Å². The molecule has 8 nitrogen and oxygen atoms in total. The van der Waals surface area contributed by atoms with Crippen LogP contribution in [0, 0.1) is 0 Å². The number of methoxy groups -OCH3 is 1. The van der Waals surface area contributed by atoms with Gasteiger partial charge in [-0.3, -0.25) is 0 Å². The molecular weight excluding hydrogens is 587 g/mol. The van der Waals surface area contributed by atoms with Crippen LogP contribution in [0.2, 0.25) is 5.15 Å². The molecule has 4 heterocycles. The predicted octanol–water partition coefficient (Wildman–Crippen LogP) is 4.53. The summed E-state index contributed by atoms with van der Waals surface area (Å²) in [5.74, 6) is 0. The molecule has 2 aromatic heterocycles. The van der Waals surface area contributed by atoms with Crippen molar-refractivity contribution in [1.29, 1.82) is 0 Å². The molecule has 0 bridgehead atoms. The molecule has 0 saturated carbocycles. The van der Waals surface area contributed by atoms with Gasteiger partial charge in [0.15, 0.2) is 0 Å². The zero-order valence-electron chi connectivity index (χ0n) is 18.6. The molecule has 1 aromatic carbocycles. The van der Waals surface area contributed by atoms with E-state index in [-0.39, 0.29) is 17.9 Å². The van der Waals surface area contributed by atoms with E-state index in [1.807, 2.05) is 0 Å². The summed E-state index contributed by atoms with van der Waals surface area (Å²) in [5, 5.41) is 10.0. The average Bonchev–Trinajstić information content (AvgIpc) is 3.46. The van der Waals surface area contributed by atoms with Crippen molar-refractivity contribution < 1.29 is 27.4 Å². The highest BCUT2D eigenvalue weighted by Gasteiger charge is 2.53. The van der Waals surface area contributed by atoms with Gasteiger partial charge >= 0.3 is 6.18 Å². The quantitative estimate of drug-likeness (QED) is 0.426. The fourth-order valence-electron chi connectivity index (χ4n) is 4.36. The van der Waals surface area contributed by atoms with Crippen molar-refractivity contribution in [3.63, 3.8) is 0 Å². The number of alkyl halides is 3. The number of halogens is 5. The molecule has 2 aliphatic rings. The summed E-state index contributed by atoms with van der Waals surface area (Å²) in [4.78, 5) is 4.15. The van der Waals surface area contributed by atoms with E-state index in [4.69, 9.17) is 31.5 Å². The molecule has 2 fully saturated rings. The van der Waals surface area contributed by atoms with E-state index < -0.39 is 30.0 Å². The minimum absolute atomic E-state index is 0.128. The van der Waals surface area contributed by atoms with Crippen LogP contribution >= 0.6 is 38.9 Å². The second kappa shape index (κ2) is 9.95. The van der Waals surface area contributed by atoms with Crippen LogP contribution in [0.25, 0.3) is 11.4 Å². The smallest absolute Gasteiger partial charge is 0.395 e. The monoisotopic (exact) mass is 605 g/mol. The minimum Gasteiger partial charge on any atom is -0.395 e. The lowest BCUT2D eigenvalue weighted by atomic mass is 9.88. The first-order valence-electron chi connectivity index (χ1n) is 10.7. The van der Waals surface area contributed by atoms with Gasteiger partial charge in [0, 0.05) is 29.4 Å². The minimum atomic E-state index is -4.58. The first kappa shape index (κ1) is 25.5. The van der Waals surface area contributed by atoms with Gasteiger partial charge < -0.3 is 25.3 Å². The number of rotatable bonds is 6. The van der Waals surface area contributed by atoms with Gasteiger partial charge in [0.25, 0.3) is 0 Å². The van der Waals surface area contributed by atoms with Crippen molar-refractivity contribution in [2.45, 2.75) is 36.6 Å². The van der Waals surface area contributed by atoms with E-state index in [2.05, 4.69) is 31.3 Å². The van der Waals surface area contributed by atoms with Gasteiger partial charge in [0.2, 0.25) is 0 Å². The van der Waals surface area contributed by atoms with Gasteiger partial charge in [-0.2, -0.15) is 18.3 Å². The lowest BCUT2D eigenvalue weighted by Crippen LogP contribution is -2.67. The third-order valence-electron chi connectivity index (χ3n) is 6.03. The topological polar surface area (TPSA) is 96.5 Å². The number of ether oxygens (including phenoxy) is 3. The number of aromatic nitrogens is 3. The molecule has 5 rings (SSSR count). The van der Waals surface area contributed by atoms with Crippen LogP contribution in [-0.2, 0) is 20.4 Å². The number of thiazole rings is 1. The molecular formula is C22H20BrClF3N5O3S. The molecule has 0 spiro atoms. The molecule has 0 aliphatic carbocycles. The van der Waals surface area contributed by atoms with Crippen LogP contribution in [0.15, 0.2) is 46.5 Å². The van der Waals surface area contributed by atoms with Crippen molar-refractivity contribution in [3.05, 3.63) is 67.9 Å². The molecule has 14 heteroatoms. The SMILES string of the molecule is COC1C(c2ccnn2-c2cc(Br)ccc2C(F)(F)F)OC2COC2[C@H]1N/C=C(\N)c1nc(Cl)cs1. The Kier molecular flexibility index (Phi) is 7.05. The van der Waals surface area contributed by atoms with Gasteiger partial charge in [-0.15, -0.1) is 11.3 Å². The van der Waals surface area contributed by atoms with Crippen molar-refractivity contribution in [2.75, 3.05) is 13.7 Å². The molecule has 36 heavy (non-hydrogen) atoms. The van der Waals surface area contributed by atoms with Crippen LogP contribution in [0.4, 0.5) is 13.2 Å². The van der Waals surface area contributed by atoms with Crippen molar-refractivity contribution in [1.82, 2.24) is 20.1 Å². The third-order valence-corrected chi connectivity index (χ3v) is 7.74. The van der Waals surface area contributed by atoms with Gasteiger partial charge in [-0.25, -0.2) is 9.67 Å². The number of hydrogen-bond donors (Lipinski definition) is 2.